The number of nitrogens with zero attached hydrogens (tertiary/aromatic N) is 3. The average molecular weight is 532 g/mol. The number of aliphatic hydroxyl groups is 1. The molecule has 3 amide bonds. The van der Waals surface area contributed by atoms with Crippen molar-refractivity contribution < 1.29 is 19.5 Å². The van der Waals surface area contributed by atoms with Gasteiger partial charge in [0.25, 0.3) is 5.91 Å². The third-order valence-electron chi connectivity index (χ3n) is 7.93. The number of halogens is 1. The summed E-state index contributed by atoms with van der Waals surface area (Å²) < 4.78 is -1.22. The molecule has 0 saturated carbocycles. The van der Waals surface area contributed by atoms with Crippen molar-refractivity contribution in [3.63, 3.8) is 0 Å². The lowest BCUT2D eigenvalue weighted by atomic mass is 9.66. The van der Waals surface area contributed by atoms with Crippen LogP contribution in [0, 0.1) is 18.8 Å². The van der Waals surface area contributed by atoms with E-state index in [-0.39, 0.29) is 37.4 Å². The molecule has 5 atom stereocenters. The largest absolute Gasteiger partial charge is 0.395 e. The number of para-hydroxylation sites is 1. The van der Waals surface area contributed by atoms with Gasteiger partial charge in [0.1, 0.15) is 6.04 Å². The van der Waals surface area contributed by atoms with E-state index in [1.807, 2.05) is 26.0 Å². The molecule has 9 heteroatoms. The summed E-state index contributed by atoms with van der Waals surface area (Å²) in [6, 6.07) is 4.63. The predicted molar refractivity (Wildman–Crippen MR) is 144 cm³/mol. The van der Waals surface area contributed by atoms with Crippen LogP contribution in [-0.4, -0.2) is 81.5 Å². The number of likely N-dealkylation sites (N-methyl/N-ethyl adjacent to an activating group) is 1. The van der Waals surface area contributed by atoms with Crippen molar-refractivity contribution in [2.24, 2.45) is 11.8 Å². The van der Waals surface area contributed by atoms with Crippen LogP contribution in [0.1, 0.15) is 25.3 Å². The molecule has 3 saturated heterocycles. The Morgan fingerprint density at radius 1 is 1.25 bits per heavy atom. The van der Waals surface area contributed by atoms with E-state index in [0.29, 0.717) is 23.7 Å². The normalized spacial score (nSPS) is 30.3. The molecule has 1 aromatic rings. The first kappa shape index (κ1) is 26.8. The number of rotatable bonds is 9. The van der Waals surface area contributed by atoms with Gasteiger partial charge in [0.2, 0.25) is 11.8 Å². The monoisotopic (exact) mass is 531 g/mol. The second-order valence-corrected chi connectivity index (χ2v) is 12.4. The van der Waals surface area contributed by atoms with E-state index < -0.39 is 27.4 Å². The number of β-amino-alcohol motifs (C(OH)–C–C–N with tert-alkyl or cyclic N) is 1. The lowest BCUT2D eigenvalue weighted by Crippen LogP contribution is -2.55. The summed E-state index contributed by atoms with van der Waals surface area (Å²) in [4.78, 5) is 46.7. The van der Waals surface area contributed by atoms with Gasteiger partial charge in [-0.05, 0) is 38.3 Å². The molecule has 0 aliphatic carbocycles. The van der Waals surface area contributed by atoms with Crippen LogP contribution in [0.3, 0.4) is 0 Å². The number of hydrogen-bond donors (Lipinski definition) is 1. The van der Waals surface area contributed by atoms with Crippen molar-refractivity contribution in [2.45, 2.75) is 42.2 Å². The van der Waals surface area contributed by atoms with Crippen molar-refractivity contribution in [3.8, 4) is 0 Å². The van der Waals surface area contributed by atoms with Crippen molar-refractivity contribution >= 4 is 46.8 Å². The van der Waals surface area contributed by atoms with Crippen LogP contribution in [0.4, 0.5) is 5.69 Å². The minimum Gasteiger partial charge on any atom is -0.395 e. The minimum atomic E-state index is -0.827. The summed E-state index contributed by atoms with van der Waals surface area (Å²) in [5.41, 5.74) is 1.42. The lowest BCUT2D eigenvalue weighted by Gasteiger charge is -2.38. The van der Waals surface area contributed by atoms with E-state index in [0.717, 1.165) is 12.0 Å². The Kier molecular flexibility index (Phi) is 7.34. The minimum absolute atomic E-state index is 0.0254. The van der Waals surface area contributed by atoms with Gasteiger partial charge in [-0.2, -0.15) is 0 Å². The topological polar surface area (TPSA) is 81.2 Å². The second-order valence-electron chi connectivity index (χ2n) is 10.1. The maximum atomic E-state index is 14.4. The van der Waals surface area contributed by atoms with Gasteiger partial charge in [-0.1, -0.05) is 35.9 Å². The highest BCUT2D eigenvalue weighted by atomic mass is 35.5. The van der Waals surface area contributed by atoms with E-state index in [2.05, 4.69) is 13.2 Å². The summed E-state index contributed by atoms with van der Waals surface area (Å²) in [6.45, 7) is 11.8. The molecule has 3 fully saturated rings. The highest BCUT2D eigenvalue weighted by Gasteiger charge is 2.77. The molecule has 2 bridgehead atoms. The molecule has 194 valence electrons. The van der Waals surface area contributed by atoms with Gasteiger partial charge < -0.3 is 19.8 Å². The van der Waals surface area contributed by atoms with Crippen molar-refractivity contribution in [3.05, 3.63) is 54.1 Å². The molecule has 3 aliphatic rings. The summed E-state index contributed by atoms with van der Waals surface area (Å²) in [6.07, 6.45) is 4.67. The quantitative estimate of drug-likeness (QED) is 0.495. The van der Waals surface area contributed by atoms with Crippen LogP contribution in [-0.2, 0) is 14.4 Å². The predicted octanol–water partition coefficient (Wildman–Crippen LogP) is 3.29. The maximum Gasteiger partial charge on any atom is 0.251 e. The molecule has 7 nitrogen and oxygen atoms in total. The highest BCUT2D eigenvalue weighted by Crippen LogP contribution is 2.71. The molecule has 0 radical (unpaired) electrons. The zero-order valence-electron chi connectivity index (χ0n) is 21.1. The number of fused-ring (bicyclic) bond motifs is 1. The number of thioether (sulfide) groups is 1. The molecular weight excluding hydrogens is 498 g/mol. The highest BCUT2D eigenvalue weighted by molar-refractivity contribution is 8.02. The van der Waals surface area contributed by atoms with Gasteiger partial charge in [0, 0.05) is 31.4 Å². The Hall–Kier alpha value is -2.29. The second kappa shape index (κ2) is 9.88. The first-order chi connectivity index (χ1) is 17.1. The third-order valence-corrected chi connectivity index (χ3v) is 10.2. The Labute approximate surface area is 222 Å². The summed E-state index contributed by atoms with van der Waals surface area (Å²) >= 11 is 8.17. The molecule has 1 N–H and O–H groups in total. The number of likely N-dealkylation sites (tertiary alicyclic amines) is 1. The molecule has 2 unspecified atom stereocenters. The number of carbonyl (C=O) groups is 3. The number of anilines is 1. The first-order valence-corrected chi connectivity index (χ1v) is 13.4. The van der Waals surface area contributed by atoms with E-state index in [1.54, 1.807) is 46.8 Å². The van der Waals surface area contributed by atoms with Gasteiger partial charge in [0.05, 0.1) is 33.9 Å². The molecule has 1 spiro atoms. The Morgan fingerprint density at radius 2 is 1.94 bits per heavy atom. The van der Waals surface area contributed by atoms with Gasteiger partial charge >= 0.3 is 0 Å². The van der Waals surface area contributed by atoms with E-state index in [4.69, 9.17) is 11.6 Å². The van der Waals surface area contributed by atoms with Gasteiger partial charge in [0.15, 0.2) is 0 Å². The number of carbonyl (C=O) groups excluding carboxylic acids is 3. The van der Waals surface area contributed by atoms with E-state index >= 15 is 0 Å². The summed E-state index contributed by atoms with van der Waals surface area (Å²) in [5, 5.41) is 10.3. The zero-order valence-corrected chi connectivity index (χ0v) is 22.6. The number of hydrogen-bond acceptors (Lipinski definition) is 5. The van der Waals surface area contributed by atoms with Crippen LogP contribution in [0.15, 0.2) is 43.5 Å². The Balaban J connectivity index is 1.82. The zero-order chi connectivity index (χ0) is 26.4. The number of amides is 3. The van der Waals surface area contributed by atoms with Crippen LogP contribution in [0.25, 0.3) is 0 Å². The van der Waals surface area contributed by atoms with Gasteiger partial charge in [-0.25, -0.2) is 0 Å². The molecule has 3 aliphatic heterocycles. The number of aryl methyl sites for hydroxylation is 1. The smallest absolute Gasteiger partial charge is 0.251 e. The third kappa shape index (κ3) is 3.89. The molecule has 1 aromatic carbocycles. The standard InChI is InChI=1S/C27H34ClN3O4S/c1-6-13-29(5)23(33)19-20-24(34)31(15-16-32)22(27(20)12-11-26(19,4)36-27)25(35)30(14-7-2)21-17(3)9-8-10-18(21)28/h6-10,19-20,22,32H,1-2,11-16H2,3-5H3/t19-,20+,22?,26+,27?/m1/s1. The Morgan fingerprint density at radius 3 is 2.56 bits per heavy atom. The van der Waals surface area contributed by atoms with Crippen molar-refractivity contribution in [1.29, 1.82) is 0 Å². The maximum absolute atomic E-state index is 14.4. The fraction of sp³-hybridized carbons (Fsp3) is 0.519. The van der Waals surface area contributed by atoms with E-state index in [1.165, 1.54) is 4.90 Å². The molecule has 0 aromatic heterocycles. The van der Waals surface area contributed by atoms with Crippen LogP contribution >= 0.6 is 23.4 Å². The fourth-order valence-electron chi connectivity index (χ4n) is 6.48. The average Bonchev–Trinajstić information content (AvgIpc) is 3.39. The first-order valence-electron chi connectivity index (χ1n) is 12.2. The summed E-state index contributed by atoms with van der Waals surface area (Å²) in [7, 11) is 1.72. The fourth-order valence-corrected chi connectivity index (χ4v) is 9.15. The van der Waals surface area contributed by atoms with Crippen LogP contribution < -0.4 is 4.90 Å². The summed E-state index contributed by atoms with van der Waals surface area (Å²) in [5.74, 6) is -1.80. The Bertz CT molecular complexity index is 1090. The number of aliphatic hydroxyl groups excluding tert-OH is 1. The van der Waals surface area contributed by atoms with Gasteiger partial charge in [-0.15, -0.1) is 24.9 Å². The molecule has 3 heterocycles. The lowest BCUT2D eigenvalue weighted by molar-refractivity contribution is -0.144. The van der Waals surface area contributed by atoms with Crippen LogP contribution in [0.2, 0.25) is 5.02 Å². The molecular formula is C27H34ClN3O4S. The van der Waals surface area contributed by atoms with Crippen molar-refractivity contribution in [1.82, 2.24) is 9.80 Å². The number of benzene rings is 1. The molecule has 4 rings (SSSR count). The van der Waals surface area contributed by atoms with Crippen molar-refractivity contribution in [2.75, 3.05) is 38.2 Å². The van der Waals surface area contributed by atoms with Crippen LogP contribution in [0.5, 0.6) is 0 Å². The SMILES string of the molecule is C=CCN(C)C(=O)[C@H]1[C@H]2C(=O)N(CCO)C(C(=O)N(CC=C)c3c(C)cccc3Cl)C23CC[C@]1(C)S3. The van der Waals surface area contributed by atoms with Gasteiger partial charge in [-0.3, -0.25) is 14.4 Å². The van der Waals surface area contributed by atoms with E-state index in [9.17, 15) is 19.5 Å². The molecule has 36 heavy (non-hydrogen) atoms.